The Balaban J connectivity index is 2.14. The number of pyridine rings is 1. The van der Waals surface area contributed by atoms with Gasteiger partial charge in [0.2, 0.25) is 17.7 Å². The van der Waals surface area contributed by atoms with E-state index in [1.54, 1.807) is 24.3 Å². The van der Waals surface area contributed by atoms with Gasteiger partial charge in [0.25, 0.3) is 0 Å². The minimum Gasteiger partial charge on any atom is -0.481 e. The molecule has 0 bridgehead atoms. The van der Waals surface area contributed by atoms with Crippen molar-refractivity contribution in [1.82, 2.24) is 15.2 Å². The van der Waals surface area contributed by atoms with Crippen LogP contribution in [-0.2, 0) is 16.1 Å². The van der Waals surface area contributed by atoms with E-state index in [0.717, 1.165) is 5.56 Å². The van der Waals surface area contributed by atoms with Crippen LogP contribution in [0.4, 0.5) is 0 Å². The Morgan fingerprint density at radius 3 is 2.90 bits per heavy atom. The molecule has 2 amide bonds. The molecule has 0 spiro atoms. The van der Waals surface area contributed by atoms with Gasteiger partial charge in [0, 0.05) is 18.8 Å². The number of hydrogen-bond acceptors (Lipinski definition) is 4. The Labute approximate surface area is 118 Å². The quantitative estimate of drug-likeness (QED) is 0.873. The van der Waals surface area contributed by atoms with Crippen molar-refractivity contribution in [3.05, 3.63) is 23.9 Å². The Hall–Kier alpha value is -2.11. The summed E-state index contributed by atoms with van der Waals surface area (Å²) in [6, 6.07) is 3.14. The number of piperazine rings is 1. The lowest BCUT2D eigenvalue weighted by Crippen LogP contribution is -2.59. The molecule has 1 aliphatic rings. The van der Waals surface area contributed by atoms with Gasteiger partial charge in [-0.15, -0.1) is 0 Å². The van der Waals surface area contributed by atoms with E-state index in [4.69, 9.17) is 4.74 Å². The Bertz CT molecular complexity index is 516. The van der Waals surface area contributed by atoms with Crippen molar-refractivity contribution in [2.45, 2.75) is 26.4 Å². The summed E-state index contributed by atoms with van der Waals surface area (Å²) < 4.78 is 5.06. The third-order valence-corrected chi connectivity index (χ3v) is 3.28. The molecule has 1 atom stereocenters. The summed E-state index contributed by atoms with van der Waals surface area (Å²) in [5.74, 6) is 0.401. The van der Waals surface area contributed by atoms with Gasteiger partial charge in [-0.2, -0.15) is 0 Å². The molecule has 1 aliphatic heterocycles. The maximum atomic E-state index is 12.3. The highest BCUT2D eigenvalue weighted by atomic mass is 16.5. The van der Waals surface area contributed by atoms with E-state index < -0.39 is 6.04 Å². The summed E-state index contributed by atoms with van der Waals surface area (Å²) in [6.45, 7) is 4.31. The SMILES string of the molecule is COc1cc(CN2CC(=O)NC(C(C)C)C2=O)ccn1. The second kappa shape index (κ2) is 5.90. The van der Waals surface area contributed by atoms with E-state index >= 15 is 0 Å². The fourth-order valence-corrected chi connectivity index (χ4v) is 2.20. The lowest BCUT2D eigenvalue weighted by molar-refractivity contribution is -0.146. The van der Waals surface area contributed by atoms with Crippen LogP contribution in [-0.4, -0.2) is 41.4 Å². The zero-order valence-corrected chi connectivity index (χ0v) is 11.9. The van der Waals surface area contributed by atoms with Crippen LogP contribution >= 0.6 is 0 Å². The van der Waals surface area contributed by atoms with Crippen molar-refractivity contribution in [3.8, 4) is 5.88 Å². The molecule has 0 saturated carbocycles. The number of ether oxygens (including phenoxy) is 1. The second-order valence-electron chi connectivity index (χ2n) is 5.19. The summed E-state index contributed by atoms with van der Waals surface area (Å²) in [5.41, 5.74) is 0.891. The molecule has 1 aromatic heterocycles. The number of hydrogen-bond donors (Lipinski definition) is 1. The van der Waals surface area contributed by atoms with Crippen LogP contribution in [0, 0.1) is 5.92 Å². The second-order valence-corrected chi connectivity index (χ2v) is 5.19. The van der Waals surface area contributed by atoms with Gasteiger partial charge in [0.05, 0.1) is 13.7 Å². The van der Waals surface area contributed by atoms with Crippen LogP contribution in [0.5, 0.6) is 5.88 Å². The maximum Gasteiger partial charge on any atom is 0.246 e. The smallest absolute Gasteiger partial charge is 0.246 e. The number of nitrogens with one attached hydrogen (secondary N) is 1. The fourth-order valence-electron chi connectivity index (χ4n) is 2.20. The molecule has 0 aromatic carbocycles. The largest absolute Gasteiger partial charge is 0.481 e. The lowest BCUT2D eigenvalue weighted by Gasteiger charge is -2.34. The minimum atomic E-state index is -0.444. The molecule has 1 N–H and O–H groups in total. The van der Waals surface area contributed by atoms with Gasteiger partial charge < -0.3 is 15.0 Å². The first kappa shape index (κ1) is 14.3. The number of rotatable bonds is 4. The topological polar surface area (TPSA) is 71.5 Å². The predicted molar refractivity (Wildman–Crippen MR) is 73.0 cm³/mol. The van der Waals surface area contributed by atoms with Gasteiger partial charge in [0.1, 0.15) is 6.04 Å². The Morgan fingerprint density at radius 2 is 2.25 bits per heavy atom. The average molecular weight is 277 g/mol. The van der Waals surface area contributed by atoms with Crippen molar-refractivity contribution in [2.24, 2.45) is 5.92 Å². The third kappa shape index (κ3) is 3.07. The van der Waals surface area contributed by atoms with E-state index in [2.05, 4.69) is 10.3 Å². The molecular formula is C14H19N3O3. The molecule has 2 rings (SSSR count). The number of nitrogens with zero attached hydrogens (tertiary/aromatic N) is 2. The van der Waals surface area contributed by atoms with Crippen LogP contribution in [0.25, 0.3) is 0 Å². The van der Waals surface area contributed by atoms with E-state index in [1.165, 1.54) is 0 Å². The van der Waals surface area contributed by atoms with Gasteiger partial charge in [-0.1, -0.05) is 13.8 Å². The monoisotopic (exact) mass is 277 g/mol. The summed E-state index contributed by atoms with van der Waals surface area (Å²) in [5, 5.41) is 2.74. The molecular weight excluding hydrogens is 258 g/mol. The van der Waals surface area contributed by atoms with Gasteiger partial charge in [-0.3, -0.25) is 9.59 Å². The van der Waals surface area contributed by atoms with E-state index in [9.17, 15) is 9.59 Å². The highest BCUT2D eigenvalue weighted by molar-refractivity contribution is 5.94. The van der Waals surface area contributed by atoms with Crippen molar-refractivity contribution in [1.29, 1.82) is 0 Å². The molecule has 1 aromatic rings. The zero-order valence-electron chi connectivity index (χ0n) is 11.9. The van der Waals surface area contributed by atoms with E-state index in [0.29, 0.717) is 12.4 Å². The van der Waals surface area contributed by atoms with E-state index in [-0.39, 0.29) is 24.3 Å². The summed E-state index contributed by atoms with van der Waals surface area (Å²) >= 11 is 0. The number of amides is 2. The van der Waals surface area contributed by atoms with Crippen LogP contribution in [0.3, 0.4) is 0 Å². The minimum absolute atomic E-state index is 0.0459. The fraction of sp³-hybridized carbons (Fsp3) is 0.500. The predicted octanol–water partition coefficient (Wildman–Crippen LogP) is 0.573. The first-order valence-electron chi connectivity index (χ1n) is 6.58. The summed E-state index contributed by atoms with van der Waals surface area (Å²) in [4.78, 5) is 29.6. The zero-order chi connectivity index (χ0) is 14.7. The first-order valence-corrected chi connectivity index (χ1v) is 6.58. The molecule has 20 heavy (non-hydrogen) atoms. The number of aromatic nitrogens is 1. The highest BCUT2D eigenvalue weighted by Crippen LogP contribution is 2.16. The molecule has 1 fully saturated rings. The van der Waals surface area contributed by atoms with Crippen molar-refractivity contribution in [3.63, 3.8) is 0 Å². The van der Waals surface area contributed by atoms with Crippen molar-refractivity contribution in [2.75, 3.05) is 13.7 Å². The molecule has 108 valence electrons. The average Bonchev–Trinajstić information content (AvgIpc) is 2.42. The van der Waals surface area contributed by atoms with Crippen LogP contribution in [0.1, 0.15) is 19.4 Å². The molecule has 1 saturated heterocycles. The van der Waals surface area contributed by atoms with Crippen LogP contribution < -0.4 is 10.1 Å². The maximum absolute atomic E-state index is 12.3. The summed E-state index contributed by atoms with van der Waals surface area (Å²) in [6.07, 6.45) is 1.63. The van der Waals surface area contributed by atoms with Gasteiger partial charge in [0.15, 0.2) is 0 Å². The summed E-state index contributed by atoms with van der Waals surface area (Å²) in [7, 11) is 1.54. The molecule has 6 nitrogen and oxygen atoms in total. The molecule has 2 heterocycles. The highest BCUT2D eigenvalue weighted by Gasteiger charge is 2.34. The Morgan fingerprint density at radius 1 is 1.50 bits per heavy atom. The van der Waals surface area contributed by atoms with Gasteiger partial charge in [-0.25, -0.2) is 4.98 Å². The number of methoxy groups -OCH3 is 1. The van der Waals surface area contributed by atoms with Crippen LogP contribution in [0.2, 0.25) is 0 Å². The van der Waals surface area contributed by atoms with E-state index in [1.807, 2.05) is 19.9 Å². The molecule has 6 heteroatoms. The van der Waals surface area contributed by atoms with Crippen LogP contribution in [0.15, 0.2) is 18.3 Å². The molecule has 1 unspecified atom stereocenters. The lowest BCUT2D eigenvalue weighted by atomic mass is 10.0. The Kier molecular flexibility index (Phi) is 4.22. The van der Waals surface area contributed by atoms with Crippen molar-refractivity contribution < 1.29 is 14.3 Å². The van der Waals surface area contributed by atoms with Gasteiger partial charge >= 0.3 is 0 Å². The first-order chi connectivity index (χ1) is 9.51. The van der Waals surface area contributed by atoms with Gasteiger partial charge in [-0.05, 0) is 17.5 Å². The molecule has 0 aliphatic carbocycles. The number of carbonyl (C=O) groups excluding carboxylic acids is 2. The molecule has 0 radical (unpaired) electrons. The standard InChI is InChI=1S/C14H19N3O3/c1-9(2)13-14(19)17(8-11(18)16-13)7-10-4-5-15-12(6-10)20-3/h4-6,9,13H,7-8H2,1-3H3,(H,16,18). The normalized spacial score (nSPS) is 19.2. The third-order valence-electron chi connectivity index (χ3n) is 3.28. The van der Waals surface area contributed by atoms with Crippen molar-refractivity contribution >= 4 is 11.8 Å². The number of carbonyl (C=O) groups is 2.